The molecule has 21 heavy (non-hydrogen) atoms. The zero-order chi connectivity index (χ0) is 15.2. The summed E-state index contributed by atoms with van der Waals surface area (Å²) < 4.78 is 0. The summed E-state index contributed by atoms with van der Waals surface area (Å²) in [6, 6.07) is -0.818. The number of imide groups is 2. The molecule has 1 atom stereocenters. The number of nitrogens with one attached hydrogen (secondary N) is 1. The third-order valence-electron chi connectivity index (χ3n) is 4.90. The maximum Gasteiger partial charge on any atom is 0.249 e. The van der Waals surface area contributed by atoms with Crippen molar-refractivity contribution in [3.8, 4) is 0 Å². The van der Waals surface area contributed by atoms with E-state index in [9.17, 15) is 19.2 Å². The van der Waals surface area contributed by atoms with E-state index in [0.717, 1.165) is 18.0 Å². The molecule has 0 aromatic heterocycles. The fourth-order valence-electron chi connectivity index (χ4n) is 3.50. The number of carbonyl (C=O) groups excluding carboxylic acids is 4. The summed E-state index contributed by atoms with van der Waals surface area (Å²) in [6.07, 6.45) is 1.90. The first-order chi connectivity index (χ1) is 9.93. The van der Waals surface area contributed by atoms with Gasteiger partial charge in [-0.3, -0.25) is 29.4 Å². The summed E-state index contributed by atoms with van der Waals surface area (Å²) in [5.41, 5.74) is -0.634. The first kappa shape index (κ1) is 14.2. The van der Waals surface area contributed by atoms with Crippen LogP contribution in [0.25, 0.3) is 0 Å². The fraction of sp³-hybridized carbons (Fsp3) is 0.714. The van der Waals surface area contributed by atoms with Crippen molar-refractivity contribution in [2.45, 2.75) is 38.1 Å². The van der Waals surface area contributed by atoms with Crippen molar-refractivity contribution in [3.05, 3.63) is 0 Å². The van der Waals surface area contributed by atoms with E-state index in [1.807, 2.05) is 7.05 Å². The number of amides is 4. The second kappa shape index (κ2) is 4.91. The van der Waals surface area contributed by atoms with Crippen molar-refractivity contribution in [3.63, 3.8) is 0 Å². The first-order valence-corrected chi connectivity index (χ1v) is 7.32. The Morgan fingerprint density at radius 1 is 1.14 bits per heavy atom. The number of carbonyl (C=O) groups is 4. The molecule has 3 aliphatic rings. The molecule has 3 aliphatic heterocycles. The highest BCUT2D eigenvalue weighted by molar-refractivity contribution is 6.11. The minimum atomic E-state index is -0.818. The van der Waals surface area contributed by atoms with Gasteiger partial charge in [-0.05, 0) is 39.4 Å². The van der Waals surface area contributed by atoms with Gasteiger partial charge in [0.15, 0.2) is 0 Å². The third-order valence-corrected chi connectivity index (χ3v) is 4.90. The van der Waals surface area contributed by atoms with Gasteiger partial charge in [0.05, 0.1) is 5.41 Å². The van der Waals surface area contributed by atoms with Gasteiger partial charge in [-0.25, -0.2) is 0 Å². The number of rotatable bonds is 1. The molecule has 114 valence electrons. The molecule has 4 amide bonds. The number of hydrogen-bond donors (Lipinski definition) is 1. The first-order valence-electron chi connectivity index (χ1n) is 7.32. The predicted octanol–water partition coefficient (Wildman–Crippen LogP) is -0.737. The van der Waals surface area contributed by atoms with Crippen LogP contribution in [-0.4, -0.2) is 59.6 Å². The van der Waals surface area contributed by atoms with Gasteiger partial charge in [0.2, 0.25) is 23.6 Å². The zero-order valence-corrected chi connectivity index (χ0v) is 12.1. The molecule has 0 aromatic rings. The molecule has 0 saturated carbocycles. The van der Waals surface area contributed by atoms with Crippen LogP contribution >= 0.6 is 0 Å². The molecule has 1 N–H and O–H groups in total. The molecule has 0 bridgehead atoms. The Bertz CT molecular complexity index is 522. The van der Waals surface area contributed by atoms with Crippen molar-refractivity contribution in [1.29, 1.82) is 0 Å². The van der Waals surface area contributed by atoms with E-state index in [0.29, 0.717) is 12.8 Å². The monoisotopic (exact) mass is 293 g/mol. The highest BCUT2D eigenvalue weighted by Crippen LogP contribution is 2.43. The Kier molecular flexibility index (Phi) is 3.32. The van der Waals surface area contributed by atoms with E-state index in [1.165, 1.54) is 0 Å². The Hall–Kier alpha value is -1.76. The second-order valence-electron chi connectivity index (χ2n) is 6.30. The Labute approximate surface area is 122 Å². The van der Waals surface area contributed by atoms with Crippen LogP contribution in [0.1, 0.15) is 32.1 Å². The summed E-state index contributed by atoms with van der Waals surface area (Å²) in [4.78, 5) is 51.4. The summed E-state index contributed by atoms with van der Waals surface area (Å²) in [7, 11) is 1.99. The lowest BCUT2D eigenvalue weighted by atomic mass is 9.77. The van der Waals surface area contributed by atoms with Gasteiger partial charge < -0.3 is 4.90 Å². The number of likely N-dealkylation sites (tertiary alicyclic amines) is 2. The summed E-state index contributed by atoms with van der Waals surface area (Å²) >= 11 is 0. The minimum Gasteiger partial charge on any atom is -0.306 e. The van der Waals surface area contributed by atoms with Gasteiger partial charge in [0.25, 0.3) is 0 Å². The molecule has 0 aliphatic carbocycles. The van der Waals surface area contributed by atoms with Crippen LogP contribution in [0.4, 0.5) is 0 Å². The van der Waals surface area contributed by atoms with Gasteiger partial charge in [0, 0.05) is 12.8 Å². The largest absolute Gasteiger partial charge is 0.306 e. The van der Waals surface area contributed by atoms with Gasteiger partial charge >= 0.3 is 0 Å². The lowest BCUT2D eigenvalue weighted by Crippen LogP contribution is -2.55. The van der Waals surface area contributed by atoms with Crippen LogP contribution in [0.15, 0.2) is 0 Å². The summed E-state index contributed by atoms with van der Waals surface area (Å²) in [5.74, 6) is -1.38. The Balaban J connectivity index is 1.81. The quantitative estimate of drug-likeness (QED) is 0.644. The lowest BCUT2D eigenvalue weighted by Gasteiger charge is -2.36. The standard InChI is InChI=1S/C14H19N3O4/c1-16-6-4-14(5-7-16)8-11(19)17(13(14)21)9-2-3-10(18)15-12(9)20/h9H,2-8H2,1H3,(H,15,18,20). The fourth-order valence-corrected chi connectivity index (χ4v) is 3.50. The molecular weight excluding hydrogens is 274 g/mol. The van der Waals surface area contributed by atoms with Crippen LogP contribution in [0.5, 0.6) is 0 Å². The van der Waals surface area contributed by atoms with Crippen molar-refractivity contribution in [2.24, 2.45) is 5.41 Å². The van der Waals surface area contributed by atoms with E-state index in [1.54, 1.807) is 0 Å². The van der Waals surface area contributed by atoms with Crippen LogP contribution in [-0.2, 0) is 19.2 Å². The van der Waals surface area contributed by atoms with Crippen LogP contribution < -0.4 is 5.32 Å². The Morgan fingerprint density at radius 3 is 2.43 bits per heavy atom. The Morgan fingerprint density at radius 2 is 1.81 bits per heavy atom. The van der Waals surface area contributed by atoms with E-state index in [4.69, 9.17) is 0 Å². The smallest absolute Gasteiger partial charge is 0.249 e. The molecule has 7 nitrogen and oxygen atoms in total. The van der Waals surface area contributed by atoms with Crippen LogP contribution in [0, 0.1) is 5.41 Å². The van der Waals surface area contributed by atoms with Gasteiger partial charge in [0.1, 0.15) is 6.04 Å². The molecular formula is C14H19N3O4. The molecule has 0 radical (unpaired) electrons. The topological polar surface area (TPSA) is 86.8 Å². The molecule has 7 heteroatoms. The van der Waals surface area contributed by atoms with E-state index >= 15 is 0 Å². The van der Waals surface area contributed by atoms with Crippen molar-refractivity contribution < 1.29 is 19.2 Å². The van der Waals surface area contributed by atoms with Gasteiger partial charge in [-0.15, -0.1) is 0 Å². The molecule has 3 rings (SSSR count). The second-order valence-corrected chi connectivity index (χ2v) is 6.30. The molecule has 1 unspecified atom stereocenters. The highest BCUT2D eigenvalue weighted by atomic mass is 16.2. The molecule has 3 heterocycles. The number of piperidine rings is 2. The third kappa shape index (κ3) is 2.25. The van der Waals surface area contributed by atoms with Gasteiger partial charge in [-0.1, -0.05) is 0 Å². The molecule has 1 spiro atoms. The normalized spacial score (nSPS) is 30.1. The SMILES string of the molecule is CN1CCC2(CC1)CC(=O)N(C1CCC(=O)NC1=O)C2=O. The highest BCUT2D eigenvalue weighted by Gasteiger charge is 2.55. The average molecular weight is 293 g/mol. The number of hydrogen-bond acceptors (Lipinski definition) is 5. The average Bonchev–Trinajstić information content (AvgIpc) is 2.66. The molecule has 0 aromatic carbocycles. The van der Waals surface area contributed by atoms with Crippen molar-refractivity contribution in [2.75, 3.05) is 20.1 Å². The summed E-state index contributed by atoms with van der Waals surface area (Å²) in [5, 5.41) is 2.21. The maximum absolute atomic E-state index is 12.7. The maximum atomic E-state index is 12.7. The minimum absolute atomic E-state index is 0.170. The van der Waals surface area contributed by atoms with Crippen molar-refractivity contribution >= 4 is 23.6 Å². The predicted molar refractivity (Wildman–Crippen MR) is 71.8 cm³/mol. The van der Waals surface area contributed by atoms with Crippen LogP contribution in [0.3, 0.4) is 0 Å². The number of nitrogens with zero attached hydrogens (tertiary/aromatic N) is 2. The van der Waals surface area contributed by atoms with Crippen LogP contribution in [0.2, 0.25) is 0 Å². The van der Waals surface area contributed by atoms with Crippen molar-refractivity contribution in [1.82, 2.24) is 15.1 Å². The van der Waals surface area contributed by atoms with E-state index < -0.39 is 17.4 Å². The van der Waals surface area contributed by atoms with E-state index in [-0.39, 0.29) is 37.0 Å². The lowest BCUT2D eigenvalue weighted by molar-refractivity contribution is -0.153. The molecule has 3 fully saturated rings. The summed E-state index contributed by atoms with van der Waals surface area (Å²) in [6.45, 7) is 1.56. The van der Waals surface area contributed by atoms with E-state index in [2.05, 4.69) is 10.2 Å². The zero-order valence-electron chi connectivity index (χ0n) is 12.1. The van der Waals surface area contributed by atoms with Gasteiger partial charge in [-0.2, -0.15) is 0 Å². The molecule has 3 saturated heterocycles.